The van der Waals surface area contributed by atoms with Gasteiger partial charge in [0.05, 0.1) is 5.56 Å². The van der Waals surface area contributed by atoms with Crippen molar-refractivity contribution in [2.45, 2.75) is 27.0 Å². The molecule has 0 aliphatic heterocycles. The molecule has 5 heteroatoms. The monoisotopic (exact) mass is 249 g/mol. The summed E-state index contributed by atoms with van der Waals surface area (Å²) in [5, 5.41) is 17.1. The SMILES string of the molecule is CC(C)Cn1c(CO)nnc1-c1ccccc1F. The molecule has 1 heterocycles. The lowest BCUT2D eigenvalue weighted by Gasteiger charge is -2.12. The zero-order chi connectivity index (χ0) is 13.1. The highest BCUT2D eigenvalue weighted by atomic mass is 19.1. The maximum Gasteiger partial charge on any atom is 0.167 e. The van der Waals surface area contributed by atoms with Crippen molar-refractivity contribution in [2.24, 2.45) is 5.92 Å². The first-order valence-electron chi connectivity index (χ1n) is 5.91. The number of rotatable bonds is 4. The molecule has 0 saturated heterocycles. The van der Waals surface area contributed by atoms with Gasteiger partial charge in [-0.3, -0.25) is 0 Å². The largest absolute Gasteiger partial charge is 0.388 e. The molecule has 18 heavy (non-hydrogen) atoms. The highest BCUT2D eigenvalue weighted by molar-refractivity contribution is 5.56. The molecule has 0 aliphatic carbocycles. The third-order valence-corrected chi connectivity index (χ3v) is 2.63. The fourth-order valence-electron chi connectivity index (χ4n) is 1.85. The van der Waals surface area contributed by atoms with E-state index >= 15 is 0 Å². The van der Waals surface area contributed by atoms with Crippen molar-refractivity contribution >= 4 is 0 Å². The van der Waals surface area contributed by atoms with Crippen LogP contribution in [0.1, 0.15) is 19.7 Å². The fraction of sp³-hybridized carbons (Fsp3) is 0.385. The van der Waals surface area contributed by atoms with E-state index in [0.717, 1.165) is 0 Å². The van der Waals surface area contributed by atoms with Gasteiger partial charge in [0.1, 0.15) is 12.4 Å². The summed E-state index contributed by atoms with van der Waals surface area (Å²) >= 11 is 0. The van der Waals surface area contributed by atoms with Gasteiger partial charge >= 0.3 is 0 Å². The van der Waals surface area contributed by atoms with Gasteiger partial charge in [-0.25, -0.2) is 4.39 Å². The normalized spacial score (nSPS) is 11.2. The number of nitrogens with zero attached hydrogens (tertiary/aromatic N) is 3. The maximum absolute atomic E-state index is 13.8. The summed E-state index contributed by atoms with van der Waals surface area (Å²) in [5.74, 6) is 0.948. The van der Waals surface area contributed by atoms with E-state index in [-0.39, 0.29) is 12.4 Å². The summed E-state index contributed by atoms with van der Waals surface area (Å²) in [6.45, 7) is 4.54. The number of aliphatic hydroxyl groups excluding tert-OH is 1. The van der Waals surface area contributed by atoms with E-state index in [1.54, 1.807) is 22.8 Å². The molecule has 2 aromatic rings. The smallest absolute Gasteiger partial charge is 0.167 e. The topological polar surface area (TPSA) is 50.9 Å². The highest BCUT2D eigenvalue weighted by Crippen LogP contribution is 2.22. The first-order chi connectivity index (χ1) is 8.63. The van der Waals surface area contributed by atoms with Crippen LogP contribution in [0.4, 0.5) is 4.39 Å². The minimum absolute atomic E-state index is 0.200. The third-order valence-electron chi connectivity index (χ3n) is 2.63. The summed E-state index contributed by atoms with van der Waals surface area (Å²) in [6.07, 6.45) is 0. The Kier molecular flexibility index (Phi) is 3.72. The minimum atomic E-state index is -0.334. The molecule has 1 N–H and O–H groups in total. The molecular formula is C13H16FN3O. The average Bonchev–Trinajstić information content (AvgIpc) is 2.72. The van der Waals surface area contributed by atoms with E-state index in [4.69, 9.17) is 0 Å². The second kappa shape index (κ2) is 5.27. The van der Waals surface area contributed by atoms with Crippen LogP contribution in [0.5, 0.6) is 0 Å². The van der Waals surface area contributed by atoms with Crippen LogP contribution in [0, 0.1) is 11.7 Å². The van der Waals surface area contributed by atoms with Crippen molar-refractivity contribution in [1.82, 2.24) is 14.8 Å². The van der Waals surface area contributed by atoms with Gasteiger partial charge in [0.2, 0.25) is 0 Å². The molecule has 0 unspecified atom stereocenters. The molecule has 0 bridgehead atoms. The van der Waals surface area contributed by atoms with Gasteiger partial charge in [0.15, 0.2) is 11.6 Å². The van der Waals surface area contributed by atoms with E-state index in [9.17, 15) is 9.50 Å². The van der Waals surface area contributed by atoms with Crippen LogP contribution in [0.3, 0.4) is 0 Å². The summed E-state index contributed by atoms with van der Waals surface area (Å²) in [5.41, 5.74) is 0.408. The van der Waals surface area contributed by atoms with E-state index < -0.39 is 0 Å². The quantitative estimate of drug-likeness (QED) is 0.904. The number of hydrogen-bond donors (Lipinski definition) is 1. The third kappa shape index (κ3) is 2.41. The van der Waals surface area contributed by atoms with Crippen molar-refractivity contribution in [1.29, 1.82) is 0 Å². The van der Waals surface area contributed by atoms with Gasteiger partial charge in [-0.05, 0) is 18.1 Å². The van der Waals surface area contributed by atoms with Crippen LogP contribution in [-0.4, -0.2) is 19.9 Å². The van der Waals surface area contributed by atoms with E-state index in [1.807, 2.05) is 13.8 Å². The highest BCUT2D eigenvalue weighted by Gasteiger charge is 2.16. The molecule has 0 radical (unpaired) electrons. The van der Waals surface area contributed by atoms with Gasteiger partial charge in [-0.15, -0.1) is 10.2 Å². The van der Waals surface area contributed by atoms with Gasteiger partial charge in [-0.1, -0.05) is 26.0 Å². The number of aliphatic hydroxyl groups is 1. The predicted molar refractivity (Wildman–Crippen MR) is 66.2 cm³/mol. The van der Waals surface area contributed by atoms with Gasteiger partial charge in [0, 0.05) is 6.54 Å². The summed E-state index contributed by atoms with van der Waals surface area (Å²) in [7, 11) is 0. The van der Waals surface area contributed by atoms with E-state index in [2.05, 4.69) is 10.2 Å². The first-order valence-corrected chi connectivity index (χ1v) is 5.91. The lowest BCUT2D eigenvalue weighted by molar-refractivity contribution is 0.262. The zero-order valence-electron chi connectivity index (χ0n) is 10.5. The molecule has 0 aliphatic rings. The van der Waals surface area contributed by atoms with Crippen molar-refractivity contribution in [3.05, 3.63) is 35.9 Å². The average molecular weight is 249 g/mol. The standard InChI is InChI=1S/C13H16FN3O/c1-9(2)7-17-12(8-18)15-16-13(17)10-5-3-4-6-11(10)14/h3-6,9,18H,7-8H2,1-2H3. The molecule has 0 amide bonds. The number of halogens is 1. The second-order valence-corrected chi connectivity index (χ2v) is 4.58. The van der Waals surface area contributed by atoms with Gasteiger partial charge in [-0.2, -0.15) is 0 Å². The molecule has 4 nitrogen and oxygen atoms in total. The van der Waals surface area contributed by atoms with E-state index in [1.165, 1.54) is 6.07 Å². The van der Waals surface area contributed by atoms with Crippen LogP contribution in [0.25, 0.3) is 11.4 Å². The van der Waals surface area contributed by atoms with Crippen LogP contribution < -0.4 is 0 Å². The summed E-state index contributed by atoms with van der Waals surface area (Å²) in [4.78, 5) is 0. The molecule has 0 atom stereocenters. The van der Waals surface area contributed by atoms with Crippen molar-refractivity contribution < 1.29 is 9.50 Å². The van der Waals surface area contributed by atoms with Gasteiger partial charge < -0.3 is 9.67 Å². The number of aromatic nitrogens is 3. The van der Waals surface area contributed by atoms with Crippen LogP contribution in [-0.2, 0) is 13.2 Å². The number of benzene rings is 1. The van der Waals surface area contributed by atoms with Crippen molar-refractivity contribution in [2.75, 3.05) is 0 Å². The van der Waals surface area contributed by atoms with Crippen LogP contribution in [0.2, 0.25) is 0 Å². The van der Waals surface area contributed by atoms with Crippen molar-refractivity contribution in [3.63, 3.8) is 0 Å². The Balaban J connectivity index is 2.51. The molecule has 0 spiro atoms. The molecule has 1 aromatic carbocycles. The number of hydrogen-bond acceptors (Lipinski definition) is 3. The molecule has 0 saturated carbocycles. The zero-order valence-corrected chi connectivity index (χ0v) is 10.5. The lowest BCUT2D eigenvalue weighted by atomic mass is 10.1. The van der Waals surface area contributed by atoms with Gasteiger partial charge in [0.25, 0.3) is 0 Å². The fourth-order valence-corrected chi connectivity index (χ4v) is 1.85. The Bertz CT molecular complexity index is 537. The Morgan fingerprint density at radius 3 is 2.61 bits per heavy atom. The minimum Gasteiger partial charge on any atom is -0.388 e. The lowest BCUT2D eigenvalue weighted by Crippen LogP contribution is -2.10. The molecule has 2 rings (SSSR count). The van der Waals surface area contributed by atoms with Crippen molar-refractivity contribution in [3.8, 4) is 11.4 Å². The Morgan fingerprint density at radius 2 is 2.00 bits per heavy atom. The van der Waals surface area contributed by atoms with Crippen LogP contribution in [0.15, 0.2) is 24.3 Å². The maximum atomic E-state index is 13.8. The van der Waals surface area contributed by atoms with E-state index in [0.29, 0.717) is 29.7 Å². The first kappa shape index (κ1) is 12.7. The molecular weight excluding hydrogens is 233 g/mol. The Hall–Kier alpha value is -1.75. The Morgan fingerprint density at radius 1 is 1.28 bits per heavy atom. The molecule has 96 valence electrons. The summed E-state index contributed by atoms with van der Waals surface area (Å²) < 4.78 is 15.5. The molecule has 0 fully saturated rings. The Labute approximate surface area is 105 Å². The van der Waals surface area contributed by atoms with Crippen LogP contribution >= 0.6 is 0 Å². The summed E-state index contributed by atoms with van der Waals surface area (Å²) in [6, 6.07) is 6.44. The second-order valence-electron chi connectivity index (χ2n) is 4.58. The predicted octanol–water partition coefficient (Wildman–Crippen LogP) is 2.23. The molecule has 1 aromatic heterocycles.